The zero-order valence-electron chi connectivity index (χ0n) is 40.4. The van der Waals surface area contributed by atoms with Crippen LogP contribution < -0.4 is 0 Å². The maximum Gasteiger partial charge on any atom is 0.164 e. The number of aromatic nitrogens is 4. The summed E-state index contributed by atoms with van der Waals surface area (Å²) in [4.78, 5) is 15.0. The zero-order chi connectivity index (χ0) is 49.4. The van der Waals surface area contributed by atoms with Crippen molar-refractivity contribution in [3.63, 3.8) is 0 Å². The highest BCUT2D eigenvalue weighted by atomic mass is 16.3. The van der Waals surface area contributed by atoms with Crippen molar-refractivity contribution in [2.24, 2.45) is 0 Å². The fraction of sp³-hybridized carbons (Fsp3) is 0. The lowest BCUT2D eigenvalue weighted by Crippen LogP contribution is -2.00. The van der Waals surface area contributed by atoms with Gasteiger partial charge in [-0.25, -0.2) is 15.0 Å². The second-order valence-corrected chi connectivity index (χ2v) is 19.1. The maximum absolute atomic E-state index is 6.63. The second kappa shape index (κ2) is 17.3. The Kier molecular flexibility index (Phi) is 9.78. The van der Waals surface area contributed by atoms with Crippen molar-refractivity contribution in [2.75, 3.05) is 0 Å². The summed E-state index contributed by atoms with van der Waals surface area (Å²) < 4.78 is 15.7. The Bertz CT molecular complexity index is 4650. The molecule has 0 aliphatic heterocycles. The molecule has 0 radical (unpaired) electrons. The summed E-state index contributed by atoms with van der Waals surface area (Å²) in [5.41, 5.74) is 18.3. The van der Waals surface area contributed by atoms with E-state index in [0.717, 1.165) is 111 Å². The predicted molar refractivity (Wildman–Crippen MR) is 307 cm³/mol. The third kappa shape index (κ3) is 7.14. The molecule has 6 nitrogen and oxygen atoms in total. The molecule has 350 valence electrons. The average Bonchev–Trinajstić information content (AvgIpc) is 4.18. The standard InChI is InChI=1S/C69H42N4O2/c1-4-17-43(18-5-1)47-33-36-59-56(41-47)54-27-10-12-30-58(54)73(59)66-53(35-38-63-65(66)55-28-11-13-31-60(55)74-63)50-25-14-23-46(39-50)48-34-37-61-57(42-48)64-52(29-16-32-62(64)75-61)49-24-15-26-51(40-49)69-71-67(44-19-6-2-7-20-44)70-68(72-69)45-21-8-3-9-22-45/h1-42H. The molecule has 0 N–H and O–H groups in total. The van der Waals surface area contributed by atoms with Gasteiger partial charge in [-0.1, -0.05) is 188 Å². The highest BCUT2D eigenvalue weighted by Crippen LogP contribution is 2.45. The molecule has 6 heteroatoms. The van der Waals surface area contributed by atoms with Gasteiger partial charge in [0.25, 0.3) is 0 Å². The van der Waals surface area contributed by atoms with Gasteiger partial charge in [-0.3, -0.25) is 0 Å². The molecular weight excluding hydrogens is 917 g/mol. The summed E-state index contributed by atoms with van der Waals surface area (Å²) in [5.74, 6) is 1.86. The van der Waals surface area contributed by atoms with Crippen LogP contribution in [0, 0.1) is 0 Å². The van der Waals surface area contributed by atoms with Gasteiger partial charge in [-0.2, -0.15) is 0 Å². The van der Waals surface area contributed by atoms with E-state index in [1.807, 2.05) is 66.7 Å². The Morgan fingerprint density at radius 2 is 0.720 bits per heavy atom. The van der Waals surface area contributed by atoms with Crippen LogP contribution in [0.25, 0.3) is 150 Å². The van der Waals surface area contributed by atoms with Gasteiger partial charge in [-0.15, -0.1) is 0 Å². The highest BCUT2D eigenvalue weighted by Gasteiger charge is 2.23. The van der Waals surface area contributed by atoms with E-state index in [0.29, 0.717) is 17.5 Å². The van der Waals surface area contributed by atoms with Gasteiger partial charge < -0.3 is 13.4 Å². The highest BCUT2D eigenvalue weighted by molar-refractivity contribution is 6.17. The van der Waals surface area contributed by atoms with E-state index in [-0.39, 0.29) is 0 Å². The van der Waals surface area contributed by atoms with Gasteiger partial charge in [-0.05, 0) is 106 Å². The fourth-order valence-corrected chi connectivity index (χ4v) is 11.2. The Labute approximate surface area is 431 Å². The van der Waals surface area contributed by atoms with Gasteiger partial charge in [0, 0.05) is 49.2 Å². The minimum Gasteiger partial charge on any atom is -0.456 e. The number of nitrogens with zero attached hydrogens (tertiary/aromatic N) is 4. The zero-order valence-corrected chi connectivity index (χ0v) is 40.4. The van der Waals surface area contributed by atoms with Crippen LogP contribution in [0.5, 0.6) is 0 Å². The Balaban J connectivity index is 0.873. The fourth-order valence-electron chi connectivity index (χ4n) is 11.2. The maximum atomic E-state index is 6.63. The van der Waals surface area contributed by atoms with Crippen LogP contribution >= 0.6 is 0 Å². The number of furan rings is 2. The second-order valence-electron chi connectivity index (χ2n) is 19.1. The first-order chi connectivity index (χ1) is 37.2. The van der Waals surface area contributed by atoms with Gasteiger partial charge in [0.2, 0.25) is 0 Å². The summed E-state index contributed by atoms with van der Waals surface area (Å²) >= 11 is 0. The monoisotopic (exact) mass is 958 g/mol. The molecule has 0 bridgehead atoms. The normalized spacial score (nSPS) is 11.7. The lowest BCUT2D eigenvalue weighted by Gasteiger charge is -2.17. The van der Waals surface area contributed by atoms with Gasteiger partial charge in [0.05, 0.1) is 22.1 Å². The lowest BCUT2D eigenvalue weighted by atomic mass is 9.94. The molecule has 11 aromatic carbocycles. The van der Waals surface area contributed by atoms with Crippen molar-refractivity contribution in [1.29, 1.82) is 0 Å². The summed E-state index contributed by atoms with van der Waals surface area (Å²) in [6, 6.07) is 89.4. The molecule has 0 aliphatic rings. The van der Waals surface area contributed by atoms with E-state index in [2.05, 4.69) is 193 Å². The Morgan fingerprint density at radius 1 is 0.253 bits per heavy atom. The lowest BCUT2D eigenvalue weighted by molar-refractivity contribution is 0.668. The molecule has 0 aliphatic carbocycles. The molecular formula is C69H42N4O2. The molecule has 15 rings (SSSR count). The molecule has 0 spiro atoms. The Hall–Kier alpha value is -10.2. The molecule has 75 heavy (non-hydrogen) atoms. The molecule has 0 atom stereocenters. The summed E-state index contributed by atoms with van der Waals surface area (Å²) in [5, 5.41) is 6.64. The van der Waals surface area contributed by atoms with Gasteiger partial charge in [0.1, 0.15) is 22.3 Å². The molecule has 0 unspecified atom stereocenters. The summed E-state index contributed by atoms with van der Waals surface area (Å²) in [7, 11) is 0. The predicted octanol–water partition coefficient (Wildman–Crippen LogP) is 18.4. The van der Waals surface area contributed by atoms with Crippen molar-refractivity contribution < 1.29 is 8.83 Å². The number of benzene rings is 11. The number of hydrogen-bond acceptors (Lipinski definition) is 5. The minimum atomic E-state index is 0.606. The van der Waals surface area contributed by atoms with Crippen molar-refractivity contribution in [1.82, 2.24) is 19.5 Å². The molecule has 0 saturated heterocycles. The summed E-state index contributed by atoms with van der Waals surface area (Å²) in [6.45, 7) is 0. The largest absolute Gasteiger partial charge is 0.456 e. The SMILES string of the molecule is c1ccc(-c2ccc3c(c2)c2ccccc2n3-c2c(-c3cccc(-c4ccc5oc6cccc(-c7cccc(-c8nc(-c9ccccc9)nc(-c9ccccc9)n8)c7)c6c5c4)c3)ccc3oc4ccccc4c23)cc1. The van der Waals surface area contributed by atoms with Crippen LogP contribution in [-0.4, -0.2) is 19.5 Å². The van der Waals surface area contributed by atoms with Gasteiger partial charge >= 0.3 is 0 Å². The topological polar surface area (TPSA) is 69.9 Å². The van der Waals surface area contributed by atoms with Gasteiger partial charge in [0.15, 0.2) is 17.5 Å². The smallest absolute Gasteiger partial charge is 0.164 e. The number of para-hydroxylation sites is 2. The van der Waals surface area contributed by atoms with Crippen LogP contribution in [0.3, 0.4) is 0 Å². The van der Waals surface area contributed by atoms with Crippen LogP contribution in [0.4, 0.5) is 0 Å². The van der Waals surface area contributed by atoms with E-state index in [1.54, 1.807) is 0 Å². The quantitative estimate of drug-likeness (QED) is 0.152. The van der Waals surface area contributed by atoms with E-state index in [4.69, 9.17) is 23.8 Å². The molecule has 4 heterocycles. The molecule has 4 aromatic heterocycles. The van der Waals surface area contributed by atoms with Crippen LogP contribution in [-0.2, 0) is 0 Å². The first-order valence-electron chi connectivity index (χ1n) is 25.2. The van der Waals surface area contributed by atoms with E-state index in [1.165, 1.54) is 21.9 Å². The van der Waals surface area contributed by atoms with Crippen molar-refractivity contribution >= 4 is 65.7 Å². The number of fused-ring (bicyclic) bond motifs is 9. The number of rotatable bonds is 8. The van der Waals surface area contributed by atoms with Crippen LogP contribution in [0.15, 0.2) is 264 Å². The third-order valence-electron chi connectivity index (χ3n) is 14.7. The minimum absolute atomic E-state index is 0.606. The average molecular weight is 959 g/mol. The molecule has 0 fully saturated rings. The first-order valence-corrected chi connectivity index (χ1v) is 25.2. The number of hydrogen-bond donors (Lipinski definition) is 0. The van der Waals surface area contributed by atoms with E-state index < -0.39 is 0 Å². The van der Waals surface area contributed by atoms with Crippen LogP contribution in [0.1, 0.15) is 0 Å². The van der Waals surface area contributed by atoms with Crippen LogP contribution in [0.2, 0.25) is 0 Å². The van der Waals surface area contributed by atoms with Crippen molar-refractivity contribution in [2.45, 2.75) is 0 Å². The van der Waals surface area contributed by atoms with E-state index in [9.17, 15) is 0 Å². The Morgan fingerprint density at radius 3 is 1.47 bits per heavy atom. The third-order valence-corrected chi connectivity index (χ3v) is 14.7. The molecule has 0 amide bonds. The van der Waals surface area contributed by atoms with Crippen molar-refractivity contribution in [3.05, 3.63) is 255 Å². The molecule has 0 saturated carbocycles. The van der Waals surface area contributed by atoms with Crippen molar-refractivity contribution in [3.8, 4) is 84.4 Å². The molecule has 15 aromatic rings. The summed E-state index contributed by atoms with van der Waals surface area (Å²) in [6.07, 6.45) is 0. The van der Waals surface area contributed by atoms with E-state index >= 15 is 0 Å². The first kappa shape index (κ1) is 42.5.